The maximum Gasteiger partial charge on any atom is 0.203 e. The third-order valence-corrected chi connectivity index (χ3v) is 2.76. The summed E-state index contributed by atoms with van der Waals surface area (Å²) in [7, 11) is 3.21. The van der Waals surface area contributed by atoms with Gasteiger partial charge in [0.15, 0.2) is 17.8 Å². The van der Waals surface area contributed by atoms with Gasteiger partial charge >= 0.3 is 0 Å². The number of ether oxygens (including phenoxy) is 4. The zero-order chi connectivity index (χ0) is 12.1. The van der Waals surface area contributed by atoms with E-state index >= 15 is 0 Å². The summed E-state index contributed by atoms with van der Waals surface area (Å²) in [5, 5.41) is 0. The molecule has 0 spiro atoms. The van der Waals surface area contributed by atoms with Gasteiger partial charge in [-0.2, -0.15) is 0 Å². The van der Waals surface area contributed by atoms with E-state index in [1.807, 2.05) is 18.2 Å². The van der Waals surface area contributed by atoms with Gasteiger partial charge in [0.1, 0.15) is 0 Å². The molecule has 0 aromatic heterocycles. The third-order valence-electron chi connectivity index (χ3n) is 2.76. The van der Waals surface area contributed by atoms with E-state index in [1.165, 1.54) is 0 Å². The first kappa shape index (κ1) is 12.0. The number of hydrogen-bond acceptors (Lipinski definition) is 4. The highest BCUT2D eigenvalue weighted by atomic mass is 16.7. The zero-order valence-corrected chi connectivity index (χ0v) is 10.3. The Morgan fingerprint density at radius 3 is 2.59 bits per heavy atom. The largest absolute Gasteiger partial charge is 0.493 e. The molecular formula is C13H18O4. The summed E-state index contributed by atoms with van der Waals surface area (Å²) in [4.78, 5) is 0. The fraction of sp³-hybridized carbons (Fsp3) is 0.538. The van der Waals surface area contributed by atoms with Crippen LogP contribution in [0.15, 0.2) is 18.2 Å². The van der Waals surface area contributed by atoms with E-state index in [4.69, 9.17) is 18.9 Å². The van der Waals surface area contributed by atoms with E-state index in [2.05, 4.69) is 0 Å². The smallest absolute Gasteiger partial charge is 0.203 e. The molecule has 0 aliphatic carbocycles. The Hall–Kier alpha value is -1.42. The fourth-order valence-corrected chi connectivity index (χ4v) is 1.90. The maximum atomic E-state index is 5.79. The lowest BCUT2D eigenvalue weighted by molar-refractivity contribution is -0.106. The molecule has 1 unspecified atom stereocenters. The minimum atomic E-state index is -0.176. The van der Waals surface area contributed by atoms with Crippen LogP contribution in [0.2, 0.25) is 0 Å². The van der Waals surface area contributed by atoms with Crippen LogP contribution in [0, 0.1) is 0 Å². The van der Waals surface area contributed by atoms with Crippen LogP contribution in [0.5, 0.6) is 17.2 Å². The molecule has 1 fully saturated rings. The standard InChI is InChI=1S/C13H18O4/c1-14-10-6-5-7-11(13(10)15-2)17-12-8-3-4-9-16-12/h5-7,12H,3-4,8-9H2,1-2H3. The van der Waals surface area contributed by atoms with Crippen LogP contribution in [0.3, 0.4) is 0 Å². The summed E-state index contributed by atoms with van der Waals surface area (Å²) >= 11 is 0. The fourth-order valence-electron chi connectivity index (χ4n) is 1.90. The molecule has 1 saturated heterocycles. The van der Waals surface area contributed by atoms with Crippen molar-refractivity contribution < 1.29 is 18.9 Å². The van der Waals surface area contributed by atoms with Crippen LogP contribution in [0.25, 0.3) is 0 Å². The van der Waals surface area contributed by atoms with E-state index in [0.717, 1.165) is 25.9 Å². The van der Waals surface area contributed by atoms with Crippen LogP contribution in [-0.4, -0.2) is 27.1 Å². The molecular weight excluding hydrogens is 220 g/mol. The molecule has 0 radical (unpaired) electrons. The van der Waals surface area contributed by atoms with Gasteiger partial charge in [0.25, 0.3) is 0 Å². The van der Waals surface area contributed by atoms with Crippen LogP contribution in [0.1, 0.15) is 19.3 Å². The Kier molecular flexibility index (Phi) is 4.09. The monoisotopic (exact) mass is 238 g/mol. The predicted molar refractivity (Wildman–Crippen MR) is 63.8 cm³/mol. The summed E-state index contributed by atoms with van der Waals surface area (Å²) in [5.74, 6) is 1.95. The number of methoxy groups -OCH3 is 2. The maximum absolute atomic E-state index is 5.79. The number of para-hydroxylation sites is 1. The average molecular weight is 238 g/mol. The quantitative estimate of drug-likeness (QED) is 0.808. The molecule has 4 heteroatoms. The van der Waals surface area contributed by atoms with Crippen molar-refractivity contribution in [2.45, 2.75) is 25.6 Å². The second kappa shape index (κ2) is 5.77. The van der Waals surface area contributed by atoms with Gasteiger partial charge in [0.05, 0.1) is 20.8 Å². The van der Waals surface area contributed by atoms with Gasteiger partial charge in [-0.25, -0.2) is 0 Å². The van der Waals surface area contributed by atoms with Crippen molar-refractivity contribution in [2.24, 2.45) is 0 Å². The molecule has 0 N–H and O–H groups in total. The van der Waals surface area contributed by atoms with E-state index < -0.39 is 0 Å². The van der Waals surface area contributed by atoms with Crippen molar-refractivity contribution >= 4 is 0 Å². The van der Waals surface area contributed by atoms with Crippen LogP contribution in [0.4, 0.5) is 0 Å². The highest BCUT2D eigenvalue weighted by molar-refractivity contribution is 5.51. The summed E-state index contributed by atoms with van der Waals surface area (Å²) in [6.07, 6.45) is 2.98. The first-order valence-corrected chi connectivity index (χ1v) is 5.84. The summed E-state index contributed by atoms with van der Waals surface area (Å²) < 4.78 is 21.9. The summed E-state index contributed by atoms with van der Waals surface area (Å²) in [6.45, 7) is 0.761. The molecule has 1 aromatic rings. The van der Waals surface area contributed by atoms with Crippen molar-refractivity contribution in [1.29, 1.82) is 0 Å². The normalized spacial score (nSPS) is 19.8. The molecule has 94 valence electrons. The minimum absolute atomic E-state index is 0.176. The Labute approximate surface area is 101 Å². The first-order valence-electron chi connectivity index (χ1n) is 5.84. The molecule has 1 aliphatic heterocycles. The topological polar surface area (TPSA) is 36.9 Å². The molecule has 17 heavy (non-hydrogen) atoms. The van der Waals surface area contributed by atoms with Crippen LogP contribution in [-0.2, 0) is 4.74 Å². The molecule has 1 atom stereocenters. The second-order valence-electron chi connectivity index (χ2n) is 3.91. The molecule has 0 bridgehead atoms. The molecule has 0 amide bonds. The lowest BCUT2D eigenvalue weighted by Gasteiger charge is -2.24. The van der Waals surface area contributed by atoms with Crippen molar-refractivity contribution in [3.63, 3.8) is 0 Å². The number of hydrogen-bond donors (Lipinski definition) is 0. The summed E-state index contributed by atoms with van der Waals surface area (Å²) in [5.41, 5.74) is 0. The Bertz CT molecular complexity index is 358. The predicted octanol–water partition coefficient (Wildman–Crippen LogP) is 2.61. The Balaban J connectivity index is 2.13. The van der Waals surface area contributed by atoms with Gasteiger partial charge in [-0.3, -0.25) is 0 Å². The molecule has 1 heterocycles. The summed E-state index contributed by atoms with van der Waals surface area (Å²) in [6, 6.07) is 5.58. The second-order valence-corrected chi connectivity index (χ2v) is 3.91. The number of benzene rings is 1. The molecule has 0 saturated carbocycles. The highest BCUT2D eigenvalue weighted by Gasteiger charge is 2.18. The average Bonchev–Trinajstić information content (AvgIpc) is 2.39. The molecule has 1 aromatic carbocycles. The minimum Gasteiger partial charge on any atom is -0.493 e. The van der Waals surface area contributed by atoms with Crippen molar-refractivity contribution in [2.75, 3.05) is 20.8 Å². The van der Waals surface area contributed by atoms with Crippen molar-refractivity contribution in [3.8, 4) is 17.2 Å². The van der Waals surface area contributed by atoms with Gasteiger partial charge < -0.3 is 18.9 Å². The van der Waals surface area contributed by atoms with Gasteiger partial charge in [-0.15, -0.1) is 0 Å². The zero-order valence-electron chi connectivity index (χ0n) is 10.3. The van der Waals surface area contributed by atoms with Gasteiger partial charge in [0.2, 0.25) is 5.75 Å². The Morgan fingerprint density at radius 2 is 1.94 bits per heavy atom. The van der Waals surface area contributed by atoms with Gasteiger partial charge in [-0.05, 0) is 25.0 Å². The van der Waals surface area contributed by atoms with Crippen molar-refractivity contribution in [1.82, 2.24) is 0 Å². The molecule has 4 nitrogen and oxygen atoms in total. The van der Waals surface area contributed by atoms with Crippen LogP contribution < -0.4 is 14.2 Å². The molecule has 2 rings (SSSR count). The van der Waals surface area contributed by atoms with Gasteiger partial charge in [-0.1, -0.05) is 6.07 Å². The SMILES string of the molecule is COc1cccc(OC2CCCCO2)c1OC. The van der Waals surface area contributed by atoms with Crippen molar-refractivity contribution in [3.05, 3.63) is 18.2 Å². The lowest BCUT2D eigenvalue weighted by atomic mass is 10.2. The van der Waals surface area contributed by atoms with Gasteiger partial charge in [0, 0.05) is 6.42 Å². The van der Waals surface area contributed by atoms with E-state index in [0.29, 0.717) is 17.2 Å². The third kappa shape index (κ3) is 2.82. The first-order chi connectivity index (χ1) is 8.35. The lowest BCUT2D eigenvalue weighted by Crippen LogP contribution is -2.25. The van der Waals surface area contributed by atoms with Crippen LogP contribution >= 0.6 is 0 Å². The van der Waals surface area contributed by atoms with E-state index in [-0.39, 0.29) is 6.29 Å². The van der Waals surface area contributed by atoms with E-state index in [9.17, 15) is 0 Å². The number of rotatable bonds is 4. The Morgan fingerprint density at radius 1 is 1.12 bits per heavy atom. The van der Waals surface area contributed by atoms with E-state index in [1.54, 1.807) is 14.2 Å². The highest BCUT2D eigenvalue weighted by Crippen LogP contribution is 2.37. The molecule has 1 aliphatic rings.